The summed E-state index contributed by atoms with van der Waals surface area (Å²) < 4.78 is 32.6. The lowest BCUT2D eigenvalue weighted by molar-refractivity contribution is -0.136. The first-order valence-corrected chi connectivity index (χ1v) is 14.4. The van der Waals surface area contributed by atoms with E-state index in [2.05, 4.69) is 20.9 Å². The van der Waals surface area contributed by atoms with Crippen molar-refractivity contribution < 1.29 is 28.2 Å². The van der Waals surface area contributed by atoms with Crippen LogP contribution in [0, 0.1) is 11.7 Å². The molecular formula is C31H29Cl2FN4O5. The number of nitrogens with one attached hydrogen (secondary N) is 3. The molecule has 0 bridgehead atoms. The van der Waals surface area contributed by atoms with Gasteiger partial charge in [-0.1, -0.05) is 35.3 Å². The maximum absolute atomic E-state index is 15.1. The van der Waals surface area contributed by atoms with Crippen molar-refractivity contribution in [1.82, 2.24) is 15.6 Å². The van der Waals surface area contributed by atoms with Gasteiger partial charge in [-0.15, -0.1) is 0 Å². The van der Waals surface area contributed by atoms with E-state index in [4.69, 9.17) is 37.4 Å². The van der Waals surface area contributed by atoms with Crippen LogP contribution in [0.2, 0.25) is 10.0 Å². The minimum absolute atomic E-state index is 0.0106. The normalized spacial score (nSPS) is 13.4. The fraction of sp³-hybridized carbons (Fsp3) is 0.258. The van der Waals surface area contributed by atoms with Crippen LogP contribution in [0.3, 0.4) is 0 Å². The SMILES string of the molecule is COc1cc2c(Oc3ccc(NC(=O)C(=O)NCc4cccc(Cl)c4Cl)cc3F)ccnc2cc1OCC1CCNCC1. The third kappa shape index (κ3) is 7.45. The number of piperidine rings is 1. The first kappa shape index (κ1) is 30.3. The predicted octanol–water partition coefficient (Wildman–Crippen LogP) is 6.11. The molecule has 0 aliphatic carbocycles. The number of pyridine rings is 1. The van der Waals surface area contributed by atoms with E-state index in [0.717, 1.165) is 32.0 Å². The maximum Gasteiger partial charge on any atom is 0.313 e. The molecule has 1 aromatic heterocycles. The molecule has 9 nitrogen and oxygen atoms in total. The van der Waals surface area contributed by atoms with Crippen molar-refractivity contribution in [3.05, 3.63) is 82.2 Å². The van der Waals surface area contributed by atoms with Crippen LogP contribution >= 0.6 is 23.2 Å². The number of methoxy groups -OCH3 is 1. The minimum Gasteiger partial charge on any atom is -0.493 e. The number of fused-ring (bicyclic) bond motifs is 1. The zero-order chi connectivity index (χ0) is 30.3. The van der Waals surface area contributed by atoms with Gasteiger partial charge in [0, 0.05) is 35.9 Å². The molecule has 1 aliphatic heterocycles. The standard InChI is InChI=1S/C31H29Cl2FN4O5/c1-41-27-14-21-24(15-28(27)42-17-18-7-10-35-11-8-18)36-12-9-25(21)43-26-6-5-20(13-23(26)34)38-31(40)30(39)37-16-19-3-2-4-22(32)29(19)33/h2-6,9,12-15,18,35H,7-8,10-11,16-17H2,1H3,(H,37,39)(H,38,40). The number of hydrogen-bond donors (Lipinski definition) is 3. The summed E-state index contributed by atoms with van der Waals surface area (Å²) in [7, 11) is 1.55. The lowest BCUT2D eigenvalue weighted by Crippen LogP contribution is -2.35. The average Bonchev–Trinajstić information content (AvgIpc) is 3.02. The second-order valence-electron chi connectivity index (χ2n) is 9.93. The largest absolute Gasteiger partial charge is 0.493 e. The molecule has 1 fully saturated rings. The molecule has 2 amide bonds. The molecule has 0 atom stereocenters. The number of benzene rings is 3. The van der Waals surface area contributed by atoms with E-state index in [0.29, 0.717) is 51.3 Å². The van der Waals surface area contributed by atoms with Gasteiger partial charge in [0.15, 0.2) is 23.1 Å². The second-order valence-corrected chi connectivity index (χ2v) is 10.7. The minimum atomic E-state index is -0.975. The summed E-state index contributed by atoms with van der Waals surface area (Å²) >= 11 is 12.1. The molecule has 224 valence electrons. The zero-order valence-electron chi connectivity index (χ0n) is 23.2. The van der Waals surface area contributed by atoms with E-state index in [1.807, 2.05) is 0 Å². The van der Waals surface area contributed by atoms with Crippen molar-refractivity contribution >= 4 is 51.6 Å². The van der Waals surface area contributed by atoms with Gasteiger partial charge in [0.2, 0.25) is 0 Å². The van der Waals surface area contributed by atoms with Gasteiger partial charge >= 0.3 is 11.8 Å². The number of anilines is 1. The molecule has 0 saturated carbocycles. The number of rotatable bonds is 9. The lowest BCUT2D eigenvalue weighted by atomic mass is 9.99. The number of carbonyl (C=O) groups is 2. The average molecular weight is 627 g/mol. The highest BCUT2D eigenvalue weighted by Gasteiger charge is 2.19. The first-order valence-electron chi connectivity index (χ1n) is 13.6. The van der Waals surface area contributed by atoms with Crippen molar-refractivity contribution in [3.63, 3.8) is 0 Å². The highest BCUT2D eigenvalue weighted by atomic mass is 35.5. The molecule has 4 aromatic rings. The van der Waals surface area contributed by atoms with Gasteiger partial charge in [-0.25, -0.2) is 4.39 Å². The monoisotopic (exact) mass is 626 g/mol. The molecule has 43 heavy (non-hydrogen) atoms. The summed E-state index contributed by atoms with van der Waals surface area (Å²) in [4.78, 5) is 29.1. The van der Waals surface area contributed by atoms with Gasteiger partial charge in [-0.05, 0) is 67.7 Å². The van der Waals surface area contributed by atoms with Crippen LogP contribution in [0.15, 0.2) is 60.8 Å². The van der Waals surface area contributed by atoms with Crippen LogP contribution < -0.4 is 30.2 Å². The smallest absolute Gasteiger partial charge is 0.313 e. The Kier molecular flexibility index (Phi) is 9.81. The molecule has 12 heteroatoms. The highest BCUT2D eigenvalue weighted by Crippen LogP contribution is 2.38. The third-order valence-electron chi connectivity index (χ3n) is 7.01. The number of halogens is 3. The van der Waals surface area contributed by atoms with Gasteiger partial charge in [-0.3, -0.25) is 14.6 Å². The number of carbonyl (C=O) groups excluding carboxylic acids is 2. The van der Waals surface area contributed by atoms with E-state index in [1.54, 1.807) is 49.7 Å². The Morgan fingerprint density at radius 2 is 1.81 bits per heavy atom. The van der Waals surface area contributed by atoms with Crippen molar-refractivity contribution in [2.75, 3.05) is 32.1 Å². The van der Waals surface area contributed by atoms with Crippen molar-refractivity contribution in [3.8, 4) is 23.0 Å². The molecule has 0 radical (unpaired) electrons. The lowest BCUT2D eigenvalue weighted by Gasteiger charge is -2.23. The number of ether oxygens (including phenoxy) is 3. The molecule has 3 N–H and O–H groups in total. The Hall–Kier alpha value is -4.12. The Bertz CT molecular complexity index is 1650. The van der Waals surface area contributed by atoms with Crippen molar-refractivity contribution in [2.45, 2.75) is 19.4 Å². The Morgan fingerprint density at radius 1 is 1.00 bits per heavy atom. The molecule has 3 aromatic carbocycles. The van der Waals surface area contributed by atoms with Gasteiger partial charge in [-0.2, -0.15) is 0 Å². The van der Waals surface area contributed by atoms with Gasteiger partial charge in [0.1, 0.15) is 5.75 Å². The Morgan fingerprint density at radius 3 is 2.58 bits per heavy atom. The molecule has 1 aliphatic rings. The zero-order valence-corrected chi connectivity index (χ0v) is 24.7. The van der Waals surface area contributed by atoms with Crippen LogP contribution in [0.4, 0.5) is 10.1 Å². The quantitative estimate of drug-likeness (QED) is 0.192. The molecule has 2 heterocycles. The van der Waals surface area contributed by atoms with Crippen molar-refractivity contribution in [1.29, 1.82) is 0 Å². The van der Waals surface area contributed by atoms with Gasteiger partial charge in [0.05, 0.1) is 29.3 Å². The van der Waals surface area contributed by atoms with E-state index in [1.165, 1.54) is 12.1 Å². The van der Waals surface area contributed by atoms with Crippen LogP contribution in [0.5, 0.6) is 23.0 Å². The fourth-order valence-electron chi connectivity index (χ4n) is 4.65. The third-order valence-corrected chi connectivity index (χ3v) is 7.87. The van der Waals surface area contributed by atoms with Crippen LogP contribution in [0.25, 0.3) is 10.9 Å². The fourth-order valence-corrected chi connectivity index (χ4v) is 5.04. The predicted molar refractivity (Wildman–Crippen MR) is 163 cm³/mol. The molecule has 0 unspecified atom stereocenters. The van der Waals surface area contributed by atoms with E-state index >= 15 is 4.39 Å². The Balaban J connectivity index is 1.25. The van der Waals surface area contributed by atoms with E-state index in [9.17, 15) is 9.59 Å². The first-order chi connectivity index (χ1) is 20.8. The topological polar surface area (TPSA) is 111 Å². The summed E-state index contributed by atoms with van der Waals surface area (Å²) in [5.74, 6) is -0.841. The Labute approximate surface area is 257 Å². The van der Waals surface area contributed by atoms with Gasteiger partial charge in [0.25, 0.3) is 0 Å². The van der Waals surface area contributed by atoms with Crippen LogP contribution in [0.1, 0.15) is 18.4 Å². The number of hydrogen-bond acceptors (Lipinski definition) is 7. The van der Waals surface area contributed by atoms with Crippen molar-refractivity contribution in [2.24, 2.45) is 5.92 Å². The highest BCUT2D eigenvalue weighted by molar-refractivity contribution is 6.42. The summed E-state index contributed by atoms with van der Waals surface area (Å²) in [6, 6.07) is 13.9. The van der Waals surface area contributed by atoms with Crippen LogP contribution in [-0.2, 0) is 16.1 Å². The molecular weight excluding hydrogens is 598 g/mol. The molecule has 1 saturated heterocycles. The number of amides is 2. The van der Waals surface area contributed by atoms with Gasteiger partial charge < -0.3 is 30.2 Å². The summed E-state index contributed by atoms with van der Waals surface area (Å²) in [5.41, 5.74) is 1.21. The summed E-state index contributed by atoms with van der Waals surface area (Å²) in [6.07, 6.45) is 3.65. The summed E-state index contributed by atoms with van der Waals surface area (Å²) in [6.45, 7) is 2.52. The molecule has 0 spiro atoms. The molecule has 5 rings (SSSR count). The number of nitrogens with zero attached hydrogens (tertiary/aromatic N) is 1. The maximum atomic E-state index is 15.1. The van der Waals surface area contributed by atoms with E-state index < -0.39 is 17.6 Å². The summed E-state index contributed by atoms with van der Waals surface area (Å²) in [5, 5.41) is 9.39. The van der Waals surface area contributed by atoms with Crippen LogP contribution in [-0.4, -0.2) is 43.6 Å². The number of aromatic nitrogens is 1. The second kappa shape index (κ2) is 13.9. The van der Waals surface area contributed by atoms with E-state index in [-0.39, 0.29) is 23.0 Å².